The van der Waals surface area contributed by atoms with Gasteiger partial charge in [-0.25, -0.2) is 0 Å². The van der Waals surface area contributed by atoms with Crippen LogP contribution in [0, 0.1) is 10.1 Å². The van der Waals surface area contributed by atoms with Crippen LogP contribution in [-0.2, 0) is 4.79 Å². The van der Waals surface area contributed by atoms with Gasteiger partial charge in [0.15, 0.2) is 12.9 Å². The molecule has 0 unspecified atom stereocenters. The van der Waals surface area contributed by atoms with Crippen LogP contribution in [0.3, 0.4) is 0 Å². The molecule has 0 saturated carbocycles. The molecule has 0 aromatic heterocycles. The number of amides is 1. The molecule has 0 saturated heterocycles. The highest BCUT2D eigenvalue weighted by atomic mass is 16.6. The average molecular weight is 356 g/mol. The second-order valence-corrected chi connectivity index (χ2v) is 5.87. The average Bonchev–Trinajstić information content (AvgIpc) is 2.66. The fourth-order valence-corrected chi connectivity index (χ4v) is 2.34. The standard InChI is InChI=1S/C19H20N2O5/c1-3-13(2)14-4-6-16(7-5-14)20-19(23)12-26-18-9-8-17(21(24)25)10-15(18)11-22/h4-11,13H,3,12H2,1-2H3,(H,20,23)/t13-/m1/s1. The molecule has 0 radical (unpaired) electrons. The maximum Gasteiger partial charge on any atom is 0.270 e. The van der Waals surface area contributed by atoms with E-state index < -0.39 is 10.8 Å². The molecule has 2 aromatic rings. The largest absolute Gasteiger partial charge is 0.483 e. The van der Waals surface area contributed by atoms with Crippen LogP contribution in [0.5, 0.6) is 5.75 Å². The fraction of sp³-hybridized carbons (Fsp3) is 0.263. The molecule has 1 N–H and O–H groups in total. The highest BCUT2D eigenvalue weighted by Gasteiger charge is 2.13. The van der Waals surface area contributed by atoms with E-state index in [4.69, 9.17) is 4.74 Å². The van der Waals surface area contributed by atoms with Gasteiger partial charge >= 0.3 is 0 Å². The lowest BCUT2D eigenvalue weighted by molar-refractivity contribution is -0.384. The highest BCUT2D eigenvalue weighted by molar-refractivity contribution is 5.92. The van der Waals surface area contributed by atoms with E-state index >= 15 is 0 Å². The maximum atomic E-state index is 12.0. The van der Waals surface area contributed by atoms with Gasteiger partial charge in [0.1, 0.15) is 5.75 Å². The quantitative estimate of drug-likeness (QED) is 0.439. The van der Waals surface area contributed by atoms with Crippen molar-refractivity contribution in [2.75, 3.05) is 11.9 Å². The minimum atomic E-state index is -0.605. The van der Waals surface area contributed by atoms with Gasteiger partial charge in [0.2, 0.25) is 0 Å². The van der Waals surface area contributed by atoms with Crippen molar-refractivity contribution in [1.82, 2.24) is 0 Å². The summed E-state index contributed by atoms with van der Waals surface area (Å²) < 4.78 is 5.31. The number of hydrogen-bond donors (Lipinski definition) is 1. The first kappa shape index (κ1) is 19.1. The number of carbonyl (C=O) groups is 2. The third kappa shape index (κ3) is 4.89. The number of aldehydes is 1. The molecule has 2 aromatic carbocycles. The van der Waals surface area contributed by atoms with Gasteiger partial charge in [-0.2, -0.15) is 0 Å². The van der Waals surface area contributed by atoms with Crippen LogP contribution < -0.4 is 10.1 Å². The second-order valence-electron chi connectivity index (χ2n) is 5.87. The summed E-state index contributed by atoms with van der Waals surface area (Å²) in [5.41, 5.74) is 1.64. The molecule has 1 amide bonds. The number of nitrogens with one attached hydrogen (secondary N) is 1. The topological polar surface area (TPSA) is 98.5 Å². The van der Waals surface area contributed by atoms with Crippen molar-refractivity contribution in [3.05, 3.63) is 63.7 Å². The Balaban J connectivity index is 1.96. The molecule has 0 aliphatic rings. The van der Waals surface area contributed by atoms with Crippen LogP contribution in [0.25, 0.3) is 0 Å². The molecule has 7 heteroatoms. The number of hydrogen-bond acceptors (Lipinski definition) is 5. The third-order valence-electron chi connectivity index (χ3n) is 4.07. The number of nitrogens with zero attached hydrogens (tertiary/aromatic N) is 1. The normalized spacial score (nSPS) is 11.5. The molecule has 26 heavy (non-hydrogen) atoms. The molecule has 0 spiro atoms. The SMILES string of the molecule is CC[C@@H](C)c1ccc(NC(=O)COc2ccc([N+](=O)[O-])cc2C=O)cc1. The molecular weight excluding hydrogens is 336 g/mol. The first-order valence-electron chi connectivity index (χ1n) is 8.20. The molecular formula is C19H20N2O5. The summed E-state index contributed by atoms with van der Waals surface area (Å²) in [4.78, 5) is 33.2. The van der Waals surface area contributed by atoms with Crippen LogP contribution in [-0.4, -0.2) is 23.7 Å². The first-order chi connectivity index (χ1) is 12.4. The summed E-state index contributed by atoms with van der Waals surface area (Å²) in [6.07, 6.45) is 1.49. The second kappa shape index (κ2) is 8.75. The Labute approximate surface area is 151 Å². The van der Waals surface area contributed by atoms with Gasteiger partial charge < -0.3 is 10.1 Å². The van der Waals surface area contributed by atoms with Crippen LogP contribution in [0.4, 0.5) is 11.4 Å². The van der Waals surface area contributed by atoms with Crippen molar-refractivity contribution < 1.29 is 19.2 Å². The van der Waals surface area contributed by atoms with Gasteiger partial charge in [-0.1, -0.05) is 26.0 Å². The predicted octanol–water partition coefficient (Wildman–Crippen LogP) is 3.94. The summed E-state index contributed by atoms with van der Waals surface area (Å²) in [7, 11) is 0. The number of nitro benzene ring substituents is 1. The van der Waals surface area contributed by atoms with Crippen molar-refractivity contribution in [3.8, 4) is 5.75 Å². The summed E-state index contributed by atoms with van der Waals surface area (Å²) >= 11 is 0. The lowest BCUT2D eigenvalue weighted by Gasteiger charge is -2.11. The lowest BCUT2D eigenvalue weighted by atomic mass is 9.99. The molecule has 0 aliphatic heterocycles. The van der Waals surface area contributed by atoms with E-state index in [2.05, 4.69) is 19.2 Å². The van der Waals surface area contributed by atoms with E-state index in [1.165, 1.54) is 17.7 Å². The summed E-state index contributed by atoms with van der Waals surface area (Å²) in [5, 5.41) is 13.4. The Morgan fingerprint density at radius 2 is 1.96 bits per heavy atom. The Bertz CT molecular complexity index is 802. The Kier molecular flexibility index (Phi) is 6.43. The Morgan fingerprint density at radius 1 is 1.27 bits per heavy atom. The van der Waals surface area contributed by atoms with Gasteiger partial charge in [-0.05, 0) is 36.1 Å². The molecule has 136 valence electrons. The fourth-order valence-electron chi connectivity index (χ4n) is 2.34. The molecule has 0 heterocycles. The number of carbonyl (C=O) groups excluding carboxylic acids is 2. The molecule has 2 rings (SSSR count). The molecule has 0 bridgehead atoms. The maximum absolute atomic E-state index is 12.0. The highest BCUT2D eigenvalue weighted by Crippen LogP contribution is 2.23. The van der Waals surface area contributed by atoms with Gasteiger partial charge in [0.05, 0.1) is 10.5 Å². The summed E-state index contributed by atoms with van der Waals surface area (Å²) in [6.45, 7) is 3.94. The van der Waals surface area contributed by atoms with Crippen LogP contribution in [0.15, 0.2) is 42.5 Å². The molecule has 0 aliphatic carbocycles. The minimum absolute atomic E-state index is 0.0184. The van der Waals surface area contributed by atoms with E-state index in [9.17, 15) is 19.7 Å². The van der Waals surface area contributed by atoms with Crippen molar-refractivity contribution >= 4 is 23.6 Å². The number of nitro groups is 1. The predicted molar refractivity (Wildman–Crippen MR) is 97.8 cm³/mol. The zero-order valence-corrected chi connectivity index (χ0v) is 14.6. The Hall–Kier alpha value is -3.22. The minimum Gasteiger partial charge on any atom is -0.483 e. The smallest absolute Gasteiger partial charge is 0.270 e. The van der Waals surface area contributed by atoms with Crippen LogP contribution in [0.2, 0.25) is 0 Å². The molecule has 0 fully saturated rings. The van der Waals surface area contributed by atoms with Crippen LogP contribution in [0.1, 0.15) is 42.1 Å². The number of rotatable bonds is 8. The summed E-state index contributed by atoms with van der Waals surface area (Å²) in [6, 6.07) is 11.2. The number of benzene rings is 2. The van der Waals surface area contributed by atoms with Crippen molar-refractivity contribution in [1.29, 1.82) is 0 Å². The van der Waals surface area contributed by atoms with Gasteiger partial charge in [-0.15, -0.1) is 0 Å². The molecule has 1 atom stereocenters. The first-order valence-corrected chi connectivity index (χ1v) is 8.20. The van der Waals surface area contributed by atoms with E-state index in [-0.39, 0.29) is 23.6 Å². The Morgan fingerprint density at radius 3 is 2.54 bits per heavy atom. The monoisotopic (exact) mass is 356 g/mol. The lowest BCUT2D eigenvalue weighted by Crippen LogP contribution is -2.20. The van der Waals surface area contributed by atoms with E-state index in [1.54, 1.807) is 0 Å². The summed E-state index contributed by atoms with van der Waals surface area (Å²) in [5.74, 6) is 0.177. The van der Waals surface area contributed by atoms with E-state index in [0.717, 1.165) is 12.5 Å². The van der Waals surface area contributed by atoms with E-state index in [1.807, 2.05) is 24.3 Å². The zero-order chi connectivity index (χ0) is 19.1. The number of ether oxygens (including phenoxy) is 1. The van der Waals surface area contributed by atoms with Crippen molar-refractivity contribution in [2.24, 2.45) is 0 Å². The molecule has 7 nitrogen and oxygen atoms in total. The zero-order valence-electron chi connectivity index (χ0n) is 14.6. The third-order valence-corrected chi connectivity index (χ3v) is 4.07. The van der Waals surface area contributed by atoms with Crippen LogP contribution >= 0.6 is 0 Å². The van der Waals surface area contributed by atoms with Gasteiger partial charge in [0.25, 0.3) is 11.6 Å². The van der Waals surface area contributed by atoms with E-state index in [0.29, 0.717) is 17.9 Å². The van der Waals surface area contributed by atoms with Crippen molar-refractivity contribution in [3.63, 3.8) is 0 Å². The van der Waals surface area contributed by atoms with Crippen molar-refractivity contribution in [2.45, 2.75) is 26.2 Å². The number of anilines is 1. The van der Waals surface area contributed by atoms with Gasteiger partial charge in [0, 0.05) is 17.8 Å². The number of non-ortho nitro benzene ring substituents is 1. The van der Waals surface area contributed by atoms with Gasteiger partial charge in [-0.3, -0.25) is 19.7 Å².